The molecule has 2 aromatic rings. The van der Waals surface area contributed by atoms with E-state index in [1.165, 1.54) is 5.56 Å². The number of amides is 1. The summed E-state index contributed by atoms with van der Waals surface area (Å²) in [6, 6.07) is 16.0. The van der Waals surface area contributed by atoms with Crippen LogP contribution in [0.5, 0.6) is 11.5 Å². The fourth-order valence-electron chi connectivity index (χ4n) is 2.59. The maximum atomic E-state index is 12.0. The molecule has 0 aliphatic rings. The van der Waals surface area contributed by atoms with Gasteiger partial charge in [-0.3, -0.25) is 4.79 Å². The van der Waals surface area contributed by atoms with E-state index in [0.717, 1.165) is 23.5 Å². The summed E-state index contributed by atoms with van der Waals surface area (Å²) in [5.41, 5.74) is 2.31. The van der Waals surface area contributed by atoms with Crippen LogP contribution in [0.1, 0.15) is 31.4 Å². The number of carbonyl (C=O) groups excluding carboxylic acids is 1. The molecule has 0 saturated heterocycles. The maximum Gasteiger partial charge on any atom is 0.220 e. The van der Waals surface area contributed by atoms with E-state index in [-0.39, 0.29) is 5.91 Å². The van der Waals surface area contributed by atoms with Crippen molar-refractivity contribution < 1.29 is 14.3 Å². The van der Waals surface area contributed by atoms with Crippen molar-refractivity contribution in [2.75, 3.05) is 19.8 Å². The second-order valence-electron chi connectivity index (χ2n) is 5.73. The van der Waals surface area contributed by atoms with Crippen molar-refractivity contribution in [3.63, 3.8) is 0 Å². The Kier molecular flexibility index (Phi) is 7.83. The Morgan fingerprint density at radius 3 is 2.32 bits per heavy atom. The van der Waals surface area contributed by atoms with Gasteiger partial charge in [0.1, 0.15) is 0 Å². The largest absolute Gasteiger partial charge is 0.490 e. The molecule has 0 saturated carbocycles. The van der Waals surface area contributed by atoms with Crippen molar-refractivity contribution in [2.24, 2.45) is 0 Å². The maximum absolute atomic E-state index is 12.0. The molecule has 4 nitrogen and oxygen atoms in total. The number of hydrogen-bond acceptors (Lipinski definition) is 3. The van der Waals surface area contributed by atoms with Crippen molar-refractivity contribution in [3.8, 4) is 11.5 Å². The highest BCUT2D eigenvalue weighted by atomic mass is 16.5. The van der Waals surface area contributed by atoms with Gasteiger partial charge >= 0.3 is 0 Å². The molecular weight excluding hydrogens is 314 g/mol. The van der Waals surface area contributed by atoms with Crippen molar-refractivity contribution in [2.45, 2.75) is 33.1 Å². The zero-order chi connectivity index (χ0) is 17.9. The van der Waals surface area contributed by atoms with E-state index in [0.29, 0.717) is 32.6 Å². The van der Waals surface area contributed by atoms with Gasteiger partial charge in [0, 0.05) is 13.0 Å². The highest BCUT2D eigenvalue weighted by Crippen LogP contribution is 2.28. The summed E-state index contributed by atoms with van der Waals surface area (Å²) in [7, 11) is 0. The molecular formula is C21H27NO3. The molecule has 0 unspecified atom stereocenters. The average molecular weight is 341 g/mol. The lowest BCUT2D eigenvalue weighted by Crippen LogP contribution is -2.25. The number of hydrogen-bond donors (Lipinski definition) is 1. The van der Waals surface area contributed by atoms with Gasteiger partial charge in [-0.1, -0.05) is 36.4 Å². The smallest absolute Gasteiger partial charge is 0.220 e. The number of benzene rings is 2. The topological polar surface area (TPSA) is 47.6 Å². The van der Waals surface area contributed by atoms with E-state index in [1.54, 1.807) is 0 Å². The molecule has 0 aliphatic heterocycles. The van der Waals surface area contributed by atoms with Crippen LogP contribution in [0.4, 0.5) is 0 Å². The molecule has 0 atom stereocenters. The molecule has 0 bridgehead atoms. The molecule has 4 heteroatoms. The number of aryl methyl sites for hydroxylation is 1. The predicted molar refractivity (Wildman–Crippen MR) is 100 cm³/mol. The summed E-state index contributed by atoms with van der Waals surface area (Å²) in [4.78, 5) is 12.0. The van der Waals surface area contributed by atoms with Gasteiger partial charge in [-0.15, -0.1) is 0 Å². The Morgan fingerprint density at radius 1 is 0.880 bits per heavy atom. The predicted octanol–water partition coefficient (Wildman–Crippen LogP) is 3.78. The third-order valence-corrected chi connectivity index (χ3v) is 3.83. The van der Waals surface area contributed by atoms with Gasteiger partial charge < -0.3 is 14.8 Å². The van der Waals surface area contributed by atoms with Crippen LogP contribution in [-0.2, 0) is 17.6 Å². The Bertz CT molecular complexity index is 655. The summed E-state index contributed by atoms with van der Waals surface area (Å²) in [6.07, 6.45) is 2.00. The highest BCUT2D eigenvalue weighted by Gasteiger charge is 2.08. The lowest BCUT2D eigenvalue weighted by molar-refractivity contribution is -0.121. The van der Waals surface area contributed by atoms with Crippen LogP contribution in [-0.4, -0.2) is 25.7 Å². The van der Waals surface area contributed by atoms with E-state index in [4.69, 9.17) is 9.47 Å². The first-order valence-corrected chi connectivity index (χ1v) is 8.92. The monoisotopic (exact) mass is 341 g/mol. The number of nitrogens with one attached hydrogen (secondary N) is 1. The molecule has 0 spiro atoms. The molecule has 1 amide bonds. The van der Waals surface area contributed by atoms with Crippen LogP contribution < -0.4 is 14.8 Å². The first-order valence-electron chi connectivity index (χ1n) is 8.92. The fraction of sp³-hybridized carbons (Fsp3) is 0.381. The molecule has 0 radical (unpaired) electrons. The zero-order valence-electron chi connectivity index (χ0n) is 15.1. The first-order chi connectivity index (χ1) is 12.2. The fourth-order valence-corrected chi connectivity index (χ4v) is 2.59. The second-order valence-corrected chi connectivity index (χ2v) is 5.73. The van der Waals surface area contributed by atoms with Gasteiger partial charge in [0.15, 0.2) is 11.5 Å². The van der Waals surface area contributed by atoms with Gasteiger partial charge in [0.25, 0.3) is 0 Å². The van der Waals surface area contributed by atoms with E-state index in [2.05, 4.69) is 17.4 Å². The van der Waals surface area contributed by atoms with E-state index in [9.17, 15) is 4.79 Å². The van der Waals surface area contributed by atoms with Crippen LogP contribution in [0.15, 0.2) is 48.5 Å². The van der Waals surface area contributed by atoms with E-state index in [1.807, 2.05) is 50.2 Å². The SMILES string of the molecule is CCOc1ccc(CCC(=O)NCCc2ccccc2)cc1OCC. The van der Waals surface area contributed by atoms with E-state index >= 15 is 0 Å². The van der Waals surface area contributed by atoms with Crippen LogP contribution >= 0.6 is 0 Å². The molecule has 2 aromatic carbocycles. The molecule has 0 heterocycles. The second kappa shape index (κ2) is 10.4. The summed E-state index contributed by atoms with van der Waals surface area (Å²) in [6.45, 7) is 5.75. The molecule has 1 N–H and O–H groups in total. The highest BCUT2D eigenvalue weighted by molar-refractivity contribution is 5.76. The van der Waals surface area contributed by atoms with Crippen molar-refractivity contribution in [3.05, 3.63) is 59.7 Å². The molecule has 2 rings (SSSR count). The van der Waals surface area contributed by atoms with Crippen LogP contribution in [0.2, 0.25) is 0 Å². The minimum atomic E-state index is 0.0720. The number of ether oxygens (including phenoxy) is 2. The van der Waals surface area contributed by atoms with Crippen molar-refractivity contribution in [1.29, 1.82) is 0 Å². The van der Waals surface area contributed by atoms with Gasteiger partial charge in [-0.05, 0) is 49.9 Å². The Balaban J connectivity index is 1.79. The minimum absolute atomic E-state index is 0.0720. The van der Waals surface area contributed by atoms with E-state index < -0.39 is 0 Å². The van der Waals surface area contributed by atoms with Gasteiger partial charge in [0.05, 0.1) is 13.2 Å². The number of rotatable bonds is 10. The number of carbonyl (C=O) groups is 1. The first kappa shape index (κ1) is 18.8. The third kappa shape index (κ3) is 6.49. The van der Waals surface area contributed by atoms with Gasteiger partial charge in [0.2, 0.25) is 5.91 Å². The van der Waals surface area contributed by atoms with Crippen LogP contribution in [0.3, 0.4) is 0 Å². The zero-order valence-corrected chi connectivity index (χ0v) is 15.1. The van der Waals surface area contributed by atoms with Crippen molar-refractivity contribution >= 4 is 5.91 Å². The standard InChI is InChI=1S/C21H27NO3/c1-3-24-19-12-10-18(16-20(19)25-4-2)11-13-21(23)22-15-14-17-8-6-5-7-9-17/h5-10,12,16H,3-4,11,13-15H2,1-2H3,(H,22,23). The molecule has 0 aliphatic carbocycles. The van der Waals surface area contributed by atoms with Gasteiger partial charge in [-0.25, -0.2) is 0 Å². The summed E-state index contributed by atoms with van der Waals surface area (Å²) >= 11 is 0. The minimum Gasteiger partial charge on any atom is -0.490 e. The quantitative estimate of drug-likeness (QED) is 0.715. The van der Waals surface area contributed by atoms with Crippen LogP contribution in [0.25, 0.3) is 0 Å². The van der Waals surface area contributed by atoms with Crippen molar-refractivity contribution in [1.82, 2.24) is 5.32 Å². The normalized spacial score (nSPS) is 10.3. The summed E-state index contributed by atoms with van der Waals surface area (Å²) in [5.74, 6) is 1.56. The van der Waals surface area contributed by atoms with Gasteiger partial charge in [-0.2, -0.15) is 0 Å². The molecule has 0 aromatic heterocycles. The Labute approximate surface area is 150 Å². The molecule has 25 heavy (non-hydrogen) atoms. The summed E-state index contributed by atoms with van der Waals surface area (Å²) < 4.78 is 11.2. The Morgan fingerprint density at radius 2 is 1.60 bits per heavy atom. The Hall–Kier alpha value is -2.49. The lowest BCUT2D eigenvalue weighted by atomic mass is 10.1. The third-order valence-electron chi connectivity index (χ3n) is 3.83. The average Bonchev–Trinajstić information content (AvgIpc) is 2.63. The molecule has 134 valence electrons. The summed E-state index contributed by atoms with van der Waals surface area (Å²) in [5, 5.41) is 2.98. The van der Waals surface area contributed by atoms with Crippen LogP contribution in [0, 0.1) is 0 Å². The lowest BCUT2D eigenvalue weighted by Gasteiger charge is -2.12. The molecule has 0 fully saturated rings.